The zero-order valence-electron chi connectivity index (χ0n) is 14.7. The van der Waals surface area contributed by atoms with Crippen LogP contribution in [-0.2, 0) is 0 Å². The van der Waals surface area contributed by atoms with E-state index in [2.05, 4.69) is 15.3 Å². The van der Waals surface area contributed by atoms with Gasteiger partial charge < -0.3 is 9.47 Å². The molecule has 0 saturated heterocycles. The predicted octanol–water partition coefficient (Wildman–Crippen LogP) is 4.25. The number of ether oxygens (including phenoxy) is 2. The largest absolute Gasteiger partial charge is 0.493 e. The van der Waals surface area contributed by atoms with Crippen molar-refractivity contribution in [1.82, 2.24) is 9.97 Å². The molecule has 26 heavy (non-hydrogen) atoms. The van der Waals surface area contributed by atoms with Crippen LogP contribution in [0.5, 0.6) is 11.5 Å². The number of nitrogens with zero attached hydrogens (tertiary/aromatic N) is 2. The van der Waals surface area contributed by atoms with Crippen molar-refractivity contribution in [1.29, 1.82) is 0 Å². The lowest BCUT2D eigenvalue weighted by Gasteiger charge is -2.14. The van der Waals surface area contributed by atoms with Crippen molar-refractivity contribution in [2.45, 2.75) is 20.0 Å². The molecule has 0 radical (unpaired) electrons. The highest BCUT2D eigenvalue weighted by Gasteiger charge is 2.14. The topological polar surface area (TPSA) is 73.3 Å². The van der Waals surface area contributed by atoms with Crippen LogP contribution in [0.4, 0.5) is 5.13 Å². The van der Waals surface area contributed by atoms with E-state index in [0.29, 0.717) is 22.2 Å². The van der Waals surface area contributed by atoms with Crippen molar-refractivity contribution >= 4 is 22.4 Å². The van der Waals surface area contributed by atoms with Gasteiger partial charge in [-0.25, -0.2) is 4.98 Å². The number of pyridine rings is 1. The summed E-state index contributed by atoms with van der Waals surface area (Å²) >= 11 is 1.36. The highest BCUT2D eigenvalue weighted by atomic mass is 32.1. The Morgan fingerprint density at radius 1 is 1.23 bits per heavy atom. The third-order valence-electron chi connectivity index (χ3n) is 3.47. The standard InChI is InChI=1S/C19H19N3O3S/c1-12(2)25-16-7-6-13(9-17(16)24-3)18(23)22-19-21-15(11-26-19)14-5-4-8-20-10-14/h4-12H,1-3H3,(H,21,22,23). The van der Waals surface area contributed by atoms with Crippen molar-refractivity contribution in [2.75, 3.05) is 12.4 Å². The van der Waals surface area contributed by atoms with Gasteiger partial charge in [0.1, 0.15) is 0 Å². The van der Waals surface area contributed by atoms with Gasteiger partial charge in [-0.05, 0) is 44.2 Å². The van der Waals surface area contributed by atoms with Crippen LogP contribution in [0.2, 0.25) is 0 Å². The molecule has 0 spiro atoms. The van der Waals surface area contributed by atoms with Gasteiger partial charge in [-0.2, -0.15) is 0 Å². The molecular formula is C19H19N3O3S. The number of carbonyl (C=O) groups excluding carboxylic acids is 1. The molecule has 1 amide bonds. The molecule has 0 aliphatic carbocycles. The minimum absolute atomic E-state index is 0.0183. The first kappa shape index (κ1) is 17.9. The highest BCUT2D eigenvalue weighted by molar-refractivity contribution is 7.14. The molecule has 134 valence electrons. The van der Waals surface area contributed by atoms with Crippen LogP contribution >= 0.6 is 11.3 Å². The van der Waals surface area contributed by atoms with E-state index >= 15 is 0 Å². The van der Waals surface area contributed by atoms with Crippen LogP contribution in [0.15, 0.2) is 48.1 Å². The number of thiazole rings is 1. The third-order valence-corrected chi connectivity index (χ3v) is 4.23. The number of hydrogen-bond donors (Lipinski definition) is 1. The molecule has 6 nitrogen and oxygen atoms in total. The molecule has 0 atom stereocenters. The normalized spacial score (nSPS) is 10.6. The number of nitrogens with one attached hydrogen (secondary N) is 1. The van der Waals surface area contributed by atoms with Crippen LogP contribution in [0.1, 0.15) is 24.2 Å². The molecule has 0 aliphatic rings. The van der Waals surface area contributed by atoms with Crippen LogP contribution in [0.3, 0.4) is 0 Å². The van der Waals surface area contributed by atoms with Gasteiger partial charge in [-0.1, -0.05) is 0 Å². The molecule has 0 bridgehead atoms. The Bertz CT molecular complexity index is 894. The molecule has 0 unspecified atom stereocenters. The Hall–Kier alpha value is -2.93. The quantitative estimate of drug-likeness (QED) is 0.703. The van der Waals surface area contributed by atoms with E-state index in [4.69, 9.17) is 9.47 Å². The van der Waals surface area contributed by atoms with E-state index in [0.717, 1.165) is 11.3 Å². The zero-order valence-corrected chi connectivity index (χ0v) is 15.5. The molecule has 7 heteroatoms. The van der Waals surface area contributed by atoms with Gasteiger partial charge in [0.15, 0.2) is 16.6 Å². The van der Waals surface area contributed by atoms with Crippen molar-refractivity contribution < 1.29 is 14.3 Å². The van der Waals surface area contributed by atoms with E-state index < -0.39 is 0 Å². The monoisotopic (exact) mass is 369 g/mol. The van der Waals surface area contributed by atoms with E-state index in [1.807, 2.05) is 31.4 Å². The van der Waals surface area contributed by atoms with Crippen LogP contribution < -0.4 is 14.8 Å². The Morgan fingerprint density at radius 3 is 2.77 bits per heavy atom. The van der Waals surface area contributed by atoms with E-state index in [1.165, 1.54) is 11.3 Å². The minimum atomic E-state index is -0.258. The first-order valence-corrected chi connectivity index (χ1v) is 8.96. The molecule has 0 fully saturated rings. The van der Waals surface area contributed by atoms with Crippen molar-refractivity contribution in [2.24, 2.45) is 0 Å². The maximum absolute atomic E-state index is 12.5. The lowest BCUT2D eigenvalue weighted by Crippen LogP contribution is -2.12. The summed E-state index contributed by atoms with van der Waals surface area (Å²) in [5, 5.41) is 5.22. The summed E-state index contributed by atoms with van der Waals surface area (Å²) in [6.07, 6.45) is 3.46. The Balaban J connectivity index is 1.75. The van der Waals surface area contributed by atoms with Gasteiger partial charge in [0, 0.05) is 28.9 Å². The Kier molecular flexibility index (Phi) is 5.48. The second kappa shape index (κ2) is 7.97. The molecule has 3 aromatic rings. The second-order valence-corrected chi connectivity index (χ2v) is 6.62. The van der Waals surface area contributed by atoms with Crippen LogP contribution in [-0.4, -0.2) is 29.1 Å². The van der Waals surface area contributed by atoms with Crippen molar-refractivity contribution in [3.8, 4) is 22.8 Å². The van der Waals surface area contributed by atoms with Gasteiger partial charge >= 0.3 is 0 Å². The lowest BCUT2D eigenvalue weighted by atomic mass is 10.2. The summed E-state index contributed by atoms with van der Waals surface area (Å²) < 4.78 is 11.0. The fraction of sp³-hybridized carbons (Fsp3) is 0.211. The number of rotatable bonds is 6. The van der Waals surface area contributed by atoms with Gasteiger partial charge in [-0.3, -0.25) is 15.1 Å². The molecule has 2 aromatic heterocycles. The summed E-state index contributed by atoms with van der Waals surface area (Å²) in [4.78, 5) is 21.0. The smallest absolute Gasteiger partial charge is 0.257 e. The maximum Gasteiger partial charge on any atom is 0.257 e. The number of aromatic nitrogens is 2. The predicted molar refractivity (Wildman–Crippen MR) is 102 cm³/mol. The molecule has 3 rings (SSSR count). The Morgan fingerprint density at radius 2 is 2.08 bits per heavy atom. The van der Waals surface area contributed by atoms with Gasteiger partial charge in [-0.15, -0.1) is 11.3 Å². The van der Waals surface area contributed by atoms with E-state index in [9.17, 15) is 4.79 Å². The van der Waals surface area contributed by atoms with Gasteiger partial charge in [0.25, 0.3) is 5.91 Å². The average molecular weight is 369 g/mol. The fourth-order valence-electron chi connectivity index (χ4n) is 2.31. The summed E-state index contributed by atoms with van der Waals surface area (Å²) in [7, 11) is 1.55. The molecule has 2 heterocycles. The SMILES string of the molecule is COc1cc(C(=O)Nc2nc(-c3cccnc3)cs2)ccc1OC(C)C. The highest BCUT2D eigenvalue weighted by Crippen LogP contribution is 2.30. The van der Waals surface area contributed by atoms with Gasteiger partial charge in [0.2, 0.25) is 0 Å². The third kappa shape index (κ3) is 4.18. The summed E-state index contributed by atoms with van der Waals surface area (Å²) in [5.74, 6) is 0.861. The fourth-order valence-corrected chi connectivity index (χ4v) is 3.02. The van der Waals surface area contributed by atoms with E-state index in [-0.39, 0.29) is 12.0 Å². The number of hydrogen-bond acceptors (Lipinski definition) is 6. The summed E-state index contributed by atoms with van der Waals surface area (Å²) in [6, 6.07) is 8.86. The Labute approximate surface area is 155 Å². The molecule has 1 aromatic carbocycles. The maximum atomic E-state index is 12.5. The summed E-state index contributed by atoms with van der Waals surface area (Å²) in [6.45, 7) is 3.87. The first-order chi connectivity index (χ1) is 12.6. The zero-order chi connectivity index (χ0) is 18.5. The summed E-state index contributed by atoms with van der Waals surface area (Å²) in [5.41, 5.74) is 2.15. The molecular weight excluding hydrogens is 350 g/mol. The van der Waals surface area contributed by atoms with Crippen LogP contribution in [0, 0.1) is 0 Å². The average Bonchev–Trinajstić information content (AvgIpc) is 3.10. The molecule has 0 aliphatic heterocycles. The van der Waals surface area contributed by atoms with E-state index in [1.54, 1.807) is 37.7 Å². The first-order valence-electron chi connectivity index (χ1n) is 8.09. The second-order valence-electron chi connectivity index (χ2n) is 5.77. The molecule has 1 N–H and O–H groups in total. The minimum Gasteiger partial charge on any atom is -0.493 e. The number of anilines is 1. The van der Waals surface area contributed by atoms with Gasteiger partial charge in [0.05, 0.1) is 18.9 Å². The number of methoxy groups -OCH3 is 1. The number of carbonyl (C=O) groups is 1. The molecule has 0 saturated carbocycles. The number of amides is 1. The van der Waals surface area contributed by atoms with Crippen molar-refractivity contribution in [3.05, 3.63) is 53.7 Å². The number of benzene rings is 1. The van der Waals surface area contributed by atoms with Crippen LogP contribution in [0.25, 0.3) is 11.3 Å². The lowest BCUT2D eigenvalue weighted by molar-refractivity contribution is 0.102. The van der Waals surface area contributed by atoms with Crippen molar-refractivity contribution in [3.63, 3.8) is 0 Å².